The van der Waals surface area contributed by atoms with Gasteiger partial charge in [0.25, 0.3) is 0 Å². The van der Waals surface area contributed by atoms with Crippen LogP contribution in [-0.4, -0.2) is 6.18 Å². The number of allylic oxidation sites excluding steroid dienone is 4. The molecule has 0 aromatic heterocycles. The topological polar surface area (TPSA) is 0 Å². The Morgan fingerprint density at radius 1 is 1.42 bits per heavy atom. The molecule has 0 fully saturated rings. The van der Waals surface area contributed by atoms with Crippen LogP contribution in [0.25, 0.3) is 0 Å². The maximum atomic E-state index is 12.2. The van der Waals surface area contributed by atoms with Crippen LogP contribution in [0.15, 0.2) is 23.3 Å². The van der Waals surface area contributed by atoms with Gasteiger partial charge in [0.2, 0.25) is 0 Å². The molecule has 0 aliphatic heterocycles. The summed E-state index contributed by atoms with van der Waals surface area (Å²) in [5, 5.41) is 0.378. The molecule has 1 aliphatic rings. The number of hydrogen-bond donors (Lipinski definition) is 0. The summed E-state index contributed by atoms with van der Waals surface area (Å²) >= 11 is 5.53. The molecule has 12 heavy (non-hydrogen) atoms. The zero-order valence-corrected chi connectivity index (χ0v) is 7.15. The molecule has 1 rings (SSSR count). The van der Waals surface area contributed by atoms with Crippen molar-refractivity contribution in [2.45, 2.75) is 13.1 Å². The third kappa shape index (κ3) is 2.03. The minimum absolute atomic E-state index is 0.378. The van der Waals surface area contributed by atoms with Gasteiger partial charge < -0.3 is 0 Å². The van der Waals surface area contributed by atoms with Crippen molar-refractivity contribution < 1.29 is 13.2 Å². The van der Waals surface area contributed by atoms with Gasteiger partial charge in [-0.3, -0.25) is 0 Å². The van der Waals surface area contributed by atoms with E-state index in [4.69, 9.17) is 11.6 Å². The van der Waals surface area contributed by atoms with Crippen molar-refractivity contribution in [3.05, 3.63) is 23.3 Å². The smallest absolute Gasteiger partial charge is 0.170 e. The molecule has 0 radical (unpaired) electrons. The molecule has 0 heterocycles. The molecule has 0 spiro atoms. The van der Waals surface area contributed by atoms with Crippen LogP contribution in [0.3, 0.4) is 0 Å². The summed E-state index contributed by atoms with van der Waals surface area (Å²) in [6.45, 7) is 1.50. The van der Waals surface area contributed by atoms with Crippen LogP contribution in [-0.2, 0) is 0 Å². The van der Waals surface area contributed by atoms with Gasteiger partial charge in [0.1, 0.15) is 0 Å². The highest BCUT2D eigenvalue weighted by Gasteiger charge is 2.41. The predicted octanol–water partition coefficient (Wildman–Crippen LogP) is 3.49. The van der Waals surface area contributed by atoms with E-state index >= 15 is 0 Å². The fourth-order valence-electron chi connectivity index (χ4n) is 1.19. The fraction of sp³-hybridized carbons (Fsp3) is 0.500. The number of rotatable bonds is 0. The molecule has 0 aromatic rings. The summed E-state index contributed by atoms with van der Waals surface area (Å²) in [5.74, 6) is -1.96. The molecular weight excluding hydrogens is 189 g/mol. The number of hydrogen-bond acceptors (Lipinski definition) is 0. The third-order valence-corrected chi connectivity index (χ3v) is 2.08. The van der Waals surface area contributed by atoms with Gasteiger partial charge in [0.15, 0.2) is 0 Å². The van der Waals surface area contributed by atoms with E-state index in [9.17, 15) is 13.2 Å². The highest BCUT2D eigenvalue weighted by atomic mass is 35.5. The molecule has 0 bridgehead atoms. The Bertz CT molecular complexity index is 227. The van der Waals surface area contributed by atoms with Gasteiger partial charge in [-0.2, -0.15) is 13.2 Å². The van der Waals surface area contributed by atoms with Gasteiger partial charge in [-0.25, -0.2) is 0 Å². The normalized spacial score (nSPS) is 30.2. The van der Waals surface area contributed by atoms with Crippen molar-refractivity contribution in [1.29, 1.82) is 0 Å². The van der Waals surface area contributed by atoms with Crippen molar-refractivity contribution in [2.75, 3.05) is 0 Å². The zero-order chi connectivity index (χ0) is 9.35. The molecule has 4 heteroatoms. The molecule has 0 nitrogen and oxygen atoms in total. The average molecular weight is 197 g/mol. The molecule has 0 saturated heterocycles. The van der Waals surface area contributed by atoms with Gasteiger partial charge in [-0.05, 0) is 12.0 Å². The first-order valence-electron chi connectivity index (χ1n) is 3.53. The molecule has 0 aromatic carbocycles. The van der Waals surface area contributed by atoms with Crippen LogP contribution in [0, 0.1) is 11.8 Å². The maximum absolute atomic E-state index is 12.2. The number of alkyl halides is 3. The van der Waals surface area contributed by atoms with Gasteiger partial charge in [-0.15, -0.1) is 0 Å². The molecule has 0 saturated carbocycles. The standard InChI is InChI=1S/C8H8ClF3/c1-5-4-6(9)2-3-7(5)8(10,11)12/h2-5,7H,1H3. The summed E-state index contributed by atoms with van der Waals surface area (Å²) in [4.78, 5) is 0. The Labute approximate surface area is 73.7 Å². The lowest BCUT2D eigenvalue weighted by molar-refractivity contribution is -0.169. The molecule has 0 amide bonds. The fourth-order valence-corrected chi connectivity index (χ4v) is 1.46. The van der Waals surface area contributed by atoms with Crippen LogP contribution in [0.2, 0.25) is 0 Å². The minimum Gasteiger partial charge on any atom is -0.170 e. The maximum Gasteiger partial charge on any atom is 0.395 e. The highest BCUT2D eigenvalue weighted by molar-refractivity contribution is 6.31. The first-order chi connectivity index (χ1) is 5.41. The van der Waals surface area contributed by atoms with Crippen molar-refractivity contribution in [1.82, 2.24) is 0 Å². The Morgan fingerprint density at radius 3 is 2.42 bits per heavy atom. The summed E-state index contributed by atoms with van der Waals surface area (Å²) < 4.78 is 36.6. The van der Waals surface area contributed by atoms with Crippen molar-refractivity contribution in [3.8, 4) is 0 Å². The van der Waals surface area contributed by atoms with E-state index in [1.54, 1.807) is 0 Å². The van der Waals surface area contributed by atoms with Crippen molar-refractivity contribution in [2.24, 2.45) is 11.8 Å². The Balaban J connectivity index is 2.80. The summed E-state index contributed by atoms with van der Waals surface area (Å²) in [6.07, 6.45) is -0.351. The molecule has 2 unspecified atom stereocenters. The lowest BCUT2D eigenvalue weighted by Gasteiger charge is -2.23. The predicted molar refractivity (Wildman–Crippen MR) is 41.8 cm³/mol. The summed E-state index contributed by atoms with van der Waals surface area (Å²) in [7, 11) is 0. The van der Waals surface area contributed by atoms with E-state index in [0.29, 0.717) is 5.03 Å². The van der Waals surface area contributed by atoms with E-state index in [0.717, 1.165) is 6.08 Å². The zero-order valence-electron chi connectivity index (χ0n) is 6.40. The Morgan fingerprint density at radius 2 is 2.00 bits per heavy atom. The van der Waals surface area contributed by atoms with Gasteiger partial charge >= 0.3 is 6.18 Å². The quantitative estimate of drug-likeness (QED) is 0.556. The first-order valence-corrected chi connectivity index (χ1v) is 3.91. The van der Waals surface area contributed by atoms with Crippen LogP contribution >= 0.6 is 11.6 Å². The van der Waals surface area contributed by atoms with Gasteiger partial charge in [0, 0.05) is 5.03 Å². The van der Waals surface area contributed by atoms with E-state index < -0.39 is 18.0 Å². The van der Waals surface area contributed by atoms with Crippen molar-refractivity contribution in [3.63, 3.8) is 0 Å². The highest BCUT2D eigenvalue weighted by Crippen LogP contribution is 2.37. The molecule has 0 N–H and O–H groups in total. The summed E-state index contributed by atoms with van der Waals surface area (Å²) in [6, 6.07) is 0. The van der Waals surface area contributed by atoms with Crippen LogP contribution in [0.5, 0.6) is 0 Å². The molecular formula is C8H8ClF3. The second kappa shape index (κ2) is 3.13. The monoisotopic (exact) mass is 196 g/mol. The Hall–Kier alpha value is -0.440. The SMILES string of the molecule is CC1C=C(Cl)C=CC1C(F)(F)F. The van der Waals surface area contributed by atoms with E-state index in [-0.39, 0.29) is 0 Å². The number of halogens is 4. The van der Waals surface area contributed by atoms with Gasteiger partial charge in [-0.1, -0.05) is 30.7 Å². The molecule has 1 aliphatic carbocycles. The van der Waals surface area contributed by atoms with Gasteiger partial charge in [0.05, 0.1) is 5.92 Å². The van der Waals surface area contributed by atoms with Crippen LogP contribution in [0.1, 0.15) is 6.92 Å². The van der Waals surface area contributed by atoms with E-state index in [1.165, 1.54) is 19.1 Å². The average Bonchev–Trinajstić information content (AvgIpc) is 1.83. The summed E-state index contributed by atoms with van der Waals surface area (Å²) in [5.41, 5.74) is 0. The first kappa shape index (κ1) is 9.65. The van der Waals surface area contributed by atoms with E-state index in [1.807, 2.05) is 0 Å². The lowest BCUT2D eigenvalue weighted by Crippen LogP contribution is -2.27. The van der Waals surface area contributed by atoms with E-state index in [2.05, 4.69) is 0 Å². The molecule has 68 valence electrons. The van der Waals surface area contributed by atoms with Crippen molar-refractivity contribution >= 4 is 11.6 Å². The minimum atomic E-state index is -4.16. The largest absolute Gasteiger partial charge is 0.395 e. The second-order valence-electron chi connectivity index (χ2n) is 2.84. The lowest BCUT2D eigenvalue weighted by atomic mass is 9.89. The molecule has 2 atom stereocenters. The second-order valence-corrected chi connectivity index (χ2v) is 3.27. The van der Waals surface area contributed by atoms with Crippen LogP contribution in [0.4, 0.5) is 13.2 Å². The Kier molecular flexibility index (Phi) is 2.52. The third-order valence-electron chi connectivity index (χ3n) is 1.83. The van der Waals surface area contributed by atoms with Crippen LogP contribution < -0.4 is 0 Å².